The molecular formula is C71H80BN3SSi. The number of nitrogens with zero attached hydrogens (tertiary/aromatic N) is 3. The molecule has 0 amide bonds. The molecule has 3 aliphatic heterocycles. The molecule has 13 rings (SSSR count). The number of thiophene rings is 1. The quantitative estimate of drug-likeness (QED) is 0.154. The van der Waals surface area contributed by atoms with Crippen LogP contribution in [0.2, 0.25) is 19.6 Å². The largest absolute Gasteiger partial charge is 0.335 e. The van der Waals surface area contributed by atoms with E-state index in [2.05, 4.69) is 257 Å². The van der Waals surface area contributed by atoms with Crippen molar-refractivity contribution >= 4 is 103 Å². The van der Waals surface area contributed by atoms with Crippen molar-refractivity contribution in [2.45, 2.75) is 174 Å². The van der Waals surface area contributed by atoms with Crippen LogP contribution in [0.15, 0.2) is 140 Å². The van der Waals surface area contributed by atoms with Gasteiger partial charge in [0.2, 0.25) is 0 Å². The van der Waals surface area contributed by atoms with Gasteiger partial charge in [0, 0.05) is 44.1 Å². The highest BCUT2D eigenvalue weighted by molar-refractivity contribution is 7.26. The first-order chi connectivity index (χ1) is 36.3. The molecule has 5 aliphatic rings. The molecule has 0 bridgehead atoms. The van der Waals surface area contributed by atoms with Crippen LogP contribution in [-0.2, 0) is 27.1 Å². The molecule has 2 aliphatic carbocycles. The lowest BCUT2D eigenvalue weighted by atomic mass is 9.33. The zero-order valence-electron chi connectivity index (χ0n) is 48.8. The third-order valence-electron chi connectivity index (χ3n) is 19.9. The Kier molecular flexibility index (Phi) is 11.1. The molecule has 1 fully saturated rings. The minimum absolute atomic E-state index is 0.0216. The summed E-state index contributed by atoms with van der Waals surface area (Å²) in [5, 5.41) is 4.26. The van der Waals surface area contributed by atoms with E-state index in [0.29, 0.717) is 0 Å². The fourth-order valence-electron chi connectivity index (χ4n) is 14.9. The van der Waals surface area contributed by atoms with E-state index in [1.54, 1.807) is 5.56 Å². The van der Waals surface area contributed by atoms with Crippen LogP contribution in [0, 0.1) is 0 Å². The maximum atomic E-state index is 2.95. The molecule has 0 spiro atoms. The van der Waals surface area contributed by atoms with Crippen LogP contribution in [0.1, 0.15) is 149 Å². The van der Waals surface area contributed by atoms with E-state index in [4.69, 9.17) is 0 Å². The predicted octanol–water partition coefficient (Wildman–Crippen LogP) is 17.9. The highest BCUT2D eigenvalue weighted by Crippen LogP contribution is 2.63. The van der Waals surface area contributed by atoms with Gasteiger partial charge in [0.15, 0.2) is 0 Å². The summed E-state index contributed by atoms with van der Waals surface area (Å²) in [7, 11) is -1.60. The molecule has 2 unspecified atom stereocenters. The van der Waals surface area contributed by atoms with Gasteiger partial charge < -0.3 is 14.7 Å². The zero-order chi connectivity index (χ0) is 54.1. The van der Waals surface area contributed by atoms with Crippen molar-refractivity contribution in [3.05, 3.63) is 167 Å². The third kappa shape index (κ3) is 7.53. The van der Waals surface area contributed by atoms with Gasteiger partial charge in [-0.3, -0.25) is 0 Å². The molecule has 392 valence electrons. The fraction of sp³-hybridized carbons (Fsp3) is 0.380. The Labute approximate surface area is 466 Å². The molecule has 0 N–H and O–H groups in total. The summed E-state index contributed by atoms with van der Waals surface area (Å²) in [6.07, 6.45) is 7.19. The van der Waals surface area contributed by atoms with Crippen LogP contribution in [-0.4, -0.2) is 20.3 Å². The number of para-hydroxylation sites is 1. The summed E-state index contributed by atoms with van der Waals surface area (Å²) >= 11 is 2.04. The number of fused-ring (bicyclic) bond motifs is 10. The van der Waals surface area contributed by atoms with Crippen molar-refractivity contribution < 1.29 is 0 Å². The van der Waals surface area contributed by atoms with Gasteiger partial charge in [0.1, 0.15) is 0 Å². The molecule has 77 heavy (non-hydrogen) atoms. The molecule has 3 nitrogen and oxygen atoms in total. The second-order valence-corrected chi connectivity index (χ2v) is 34.9. The van der Waals surface area contributed by atoms with Crippen molar-refractivity contribution in [3.8, 4) is 11.1 Å². The smallest absolute Gasteiger partial charge is 0.254 e. The molecule has 4 heterocycles. The SMILES string of the molecule is CC(C)(C)c1ccc(N2c3cc(N(c4ccc([Si](C)(C)C)cc4)c4ccccc4-c4ccccc4)cc4c3B(c3cc(C(C)(C)C)cc5c3N4C3(C)CCCCC53C)c3c2sc2cc4c(cc32)C(C)(C)CCC4(C)C)cc1. The van der Waals surface area contributed by atoms with Gasteiger partial charge in [-0.15, -0.1) is 11.3 Å². The van der Waals surface area contributed by atoms with Crippen molar-refractivity contribution in [2.75, 3.05) is 14.7 Å². The maximum absolute atomic E-state index is 2.95. The van der Waals surface area contributed by atoms with Crippen molar-refractivity contribution in [1.82, 2.24) is 0 Å². The van der Waals surface area contributed by atoms with Crippen molar-refractivity contribution in [1.29, 1.82) is 0 Å². The first-order valence-electron chi connectivity index (χ1n) is 29.0. The Bertz CT molecular complexity index is 3700. The highest BCUT2D eigenvalue weighted by atomic mass is 32.1. The fourth-order valence-corrected chi connectivity index (χ4v) is 17.4. The van der Waals surface area contributed by atoms with Crippen LogP contribution in [0.5, 0.6) is 0 Å². The average molecular weight is 1050 g/mol. The molecule has 0 saturated heterocycles. The van der Waals surface area contributed by atoms with Gasteiger partial charge >= 0.3 is 0 Å². The molecule has 6 heteroatoms. The first kappa shape index (κ1) is 50.7. The lowest BCUT2D eigenvalue weighted by molar-refractivity contribution is 0.195. The Morgan fingerprint density at radius 1 is 0.571 bits per heavy atom. The van der Waals surface area contributed by atoms with Gasteiger partial charge in [-0.25, -0.2) is 0 Å². The Morgan fingerprint density at radius 3 is 1.86 bits per heavy atom. The Hall–Kier alpha value is -5.82. The van der Waals surface area contributed by atoms with Crippen LogP contribution in [0.3, 0.4) is 0 Å². The average Bonchev–Trinajstić information content (AvgIpc) is 4.12. The van der Waals surface area contributed by atoms with Crippen molar-refractivity contribution in [2.24, 2.45) is 0 Å². The van der Waals surface area contributed by atoms with Gasteiger partial charge in [-0.05, 0) is 164 Å². The van der Waals surface area contributed by atoms with E-state index in [9.17, 15) is 0 Å². The summed E-state index contributed by atoms with van der Waals surface area (Å²) in [6.45, 7) is 37.0. The summed E-state index contributed by atoms with van der Waals surface area (Å²) in [5.74, 6) is 0. The standard InChI is InChI=1S/C71H80BN3SSi/c1-66(2,3)46-27-29-49(30-28-46)74-59-41-50(73(48-31-33-51(34-32-48)77(13,14)15)58-26-20-19-25-52(58)45-23-17-16-18-24-45)42-60-63(59)72(62-53-43-54-55(44-61(53)76-65(62)74)69(9,10)38-37-68(54,7)8)57-40-47(67(4,5)6)39-56-64(57)75(60)71(12)36-22-21-35-70(56,71)11/h16-20,23-34,39-44H,21-22,35-38H2,1-15H3. The van der Waals surface area contributed by atoms with E-state index < -0.39 is 8.07 Å². The minimum Gasteiger partial charge on any atom is -0.335 e. The highest BCUT2D eigenvalue weighted by Gasteiger charge is 2.62. The number of hydrogen-bond donors (Lipinski definition) is 0. The summed E-state index contributed by atoms with van der Waals surface area (Å²) in [5.41, 5.74) is 23.2. The second kappa shape index (κ2) is 16.9. The van der Waals surface area contributed by atoms with Gasteiger partial charge in [0.05, 0.1) is 30.0 Å². The molecule has 1 aromatic heterocycles. The van der Waals surface area contributed by atoms with Gasteiger partial charge in [-0.1, -0.05) is 199 Å². The monoisotopic (exact) mass is 1050 g/mol. The van der Waals surface area contributed by atoms with Gasteiger partial charge in [0.25, 0.3) is 6.71 Å². The van der Waals surface area contributed by atoms with Crippen LogP contribution >= 0.6 is 11.3 Å². The van der Waals surface area contributed by atoms with Crippen LogP contribution in [0.25, 0.3) is 21.2 Å². The summed E-state index contributed by atoms with van der Waals surface area (Å²) < 4.78 is 1.41. The molecule has 1 saturated carbocycles. The molecule has 2 atom stereocenters. The summed E-state index contributed by atoms with van der Waals surface area (Å²) in [6, 6.07) is 55.6. The Balaban J connectivity index is 1.19. The topological polar surface area (TPSA) is 9.72 Å². The second-order valence-electron chi connectivity index (χ2n) is 28.8. The molecule has 8 aromatic rings. The summed E-state index contributed by atoms with van der Waals surface area (Å²) in [4.78, 5) is 8.29. The number of rotatable bonds is 6. The number of anilines is 8. The predicted molar refractivity (Wildman–Crippen MR) is 340 cm³/mol. The van der Waals surface area contributed by atoms with E-state index in [1.165, 1.54) is 142 Å². The molecular weight excluding hydrogens is 966 g/mol. The van der Waals surface area contributed by atoms with E-state index in [-0.39, 0.29) is 39.3 Å². The molecule has 7 aromatic carbocycles. The van der Waals surface area contributed by atoms with Crippen molar-refractivity contribution in [3.63, 3.8) is 0 Å². The van der Waals surface area contributed by atoms with E-state index >= 15 is 0 Å². The zero-order valence-corrected chi connectivity index (χ0v) is 50.7. The third-order valence-corrected chi connectivity index (χ3v) is 23.2. The van der Waals surface area contributed by atoms with Gasteiger partial charge in [-0.2, -0.15) is 0 Å². The van der Waals surface area contributed by atoms with Crippen LogP contribution < -0.4 is 36.3 Å². The first-order valence-corrected chi connectivity index (χ1v) is 33.4. The lowest BCUT2D eigenvalue weighted by Gasteiger charge is -2.52. The number of benzene rings is 7. The normalized spacial score (nSPS) is 20.8. The molecule has 0 radical (unpaired) electrons. The number of hydrogen-bond acceptors (Lipinski definition) is 4. The van der Waals surface area contributed by atoms with E-state index in [0.717, 1.165) is 6.42 Å². The van der Waals surface area contributed by atoms with E-state index in [1.807, 2.05) is 11.3 Å². The minimum atomic E-state index is -1.60. The Morgan fingerprint density at radius 2 is 1.19 bits per heavy atom. The van der Waals surface area contributed by atoms with Crippen LogP contribution in [0.4, 0.5) is 44.8 Å². The lowest BCUT2D eigenvalue weighted by Crippen LogP contribution is -2.64. The maximum Gasteiger partial charge on any atom is 0.254 e.